The quantitative estimate of drug-likeness (QED) is 0.261. The van der Waals surface area contributed by atoms with Gasteiger partial charge in [-0.25, -0.2) is 9.97 Å². The summed E-state index contributed by atoms with van der Waals surface area (Å²) in [6.07, 6.45) is 9.70. The Labute approximate surface area is 196 Å². The van der Waals surface area contributed by atoms with Crippen molar-refractivity contribution in [1.82, 2.24) is 14.5 Å². The van der Waals surface area contributed by atoms with Crippen LogP contribution in [-0.2, 0) is 6.54 Å². The van der Waals surface area contributed by atoms with Gasteiger partial charge in [0.25, 0.3) is 0 Å². The molecule has 33 heavy (non-hydrogen) atoms. The van der Waals surface area contributed by atoms with Gasteiger partial charge in [0.05, 0.1) is 29.4 Å². The molecule has 1 unspecified atom stereocenters. The average molecular weight is 449 g/mol. The van der Waals surface area contributed by atoms with E-state index in [2.05, 4.69) is 50.2 Å². The molecule has 0 bridgehead atoms. The third-order valence-electron chi connectivity index (χ3n) is 5.31. The molecule has 1 aliphatic carbocycles. The number of hydrogen-bond donors (Lipinski definition) is 0. The van der Waals surface area contributed by atoms with Crippen molar-refractivity contribution in [2.75, 3.05) is 0 Å². The molecule has 0 N–H and O–H groups in total. The summed E-state index contributed by atoms with van der Waals surface area (Å²) in [6.45, 7) is 0.629. The molecule has 7 heteroatoms. The average Bonchev–Trinajstić information content (AvgIpc) is 3.32. The second-order valence-corrected chi connectivity index (χ2v) is 8.86. The van der Waals surface area contributed by atoms with Crippen LogP contribution in [0.25, 0.3) is 10.4 Å². The lowest BCUT2D eigenvalue weighted by Crippen LogP contribution is -2.05. The monoisotopic (exact) mass is 448 g/mol. The lowest BCUT2D eigenvalue weighted by atomic mass is 10.1. The van der Waals surface area contributed by atoms with E-state index in [1.165, 1.54) is 24.2 Å². The Morgan fingerprint density at radius 3 is 2.58 bits per heavy atom. The molecular weight excluding hydrogens is 428 g/mol. The van der Waals surface area contributed by atoms with Crippen LogP contribution in [0.1, 0.15) is 35.6 Å². The third-order valence-corrected chi connectivity index (χ3v) is 6.24. The highest BCUT2D eigenvalue weighted by Crippen LogP contribution is 2.32. The first-order valence-electron chi connectivity index (χ1n) is 10.7. The molecular formula is C26H20N6S. The molecule has 160 valence electrons. The van der Waals surface area contributed by atoms with Crippen molar-refractivity contribution in [2.45, 2.75) is 25.4 Å². The van der Waals surface area contributed by atoms with Crippen molar-refractivity contribution >= 4 is 16.5 Å². The number of benzene rings is 2. The van der Waals surface area contributed by atoms with Crippen LogP contribution in [-0.4, -0.2) is 14.5 Å². The van der Waals surface area contributed by atoms with Gasteiger partial charge in [0.15, 0.2) is 0 Å². The van der Waals surface area contributed by atoms with Crippen molar-refractivity contribution < 1.29 is 0 Å². The van der Waals surface area contributed by atoms with Crippen LogP contribution >= 0.6 is 11.3 Å². The molecule has 2 heterocycles. The first-order valence-corrected chi connectivity index (χ1v) is 11.5. The summed E-state index contributed by atoms with van der Waals surface area (Å²) in [4.78, 5) is 9.54. The fourth-order valence-electron chi connectivity index (χ4n) is 3.28. The molecule has 0 radical (unpaired) electrons. The second kappa shape index (κ2) is 9.60. The van der Waals surface area contributed by atoms with Crippen molar-refractivity contribution in [3.63, 3.8) is 0 Å². The van der Waals surface area contributed by atoms with E-state index in [-0.39, 0.29) is 6.04 Å². The Bertz CT molecular complexity index is 1350. The van der Waals surface area contributed by atoms with Gasteiger partial charge in [0.2, 0.25) is 5.13 Å². The molecule has 2 aromatic carbocycles. The molecule has 0 amide bonds. The Balaban J connectivity index is 1.35. The van der Waals surface area contributed by atoms with E-state index >= 15 is 0 Å². The number of nitriles is 1. The van der Waals surface area contributed by atoms with Crippen LogP contribution in [0, 0.1) is 29.1 Å². The molecule has 4 aromatic rings. The van der Waals surface area contributed by atoms with Crippen LogP contribution in [0.3, 0.4) is 0 Å². The Morgan fingerprint density at radius 2 is 1.88 bits per heavy atom. The summed E-state index contributed by atoms with van der Waals surface area (Å²) >= 11 is 1.47. The van der Waals surface area contributed by atoms with E-state index in [0.29, 0.717) is 23.2 Å². The van der Waals surface area contributed by atoms with Crippen LogP contribution in [0.5, 0.6) is 0 Å². The molecule has 0 spiro atoms. The molecule has 5 rings (SSSR count). The summed E-state index contributed by atoms with van der Waals surface area (Å²) in [6, 6.07) is 17.6. The predicted molar refractivity (Wildman–Crippen MR) is 128 cm³/mol. The zero-order valence-corrected chi connectivity index (χ0v) is 18.6. The predicted octanol–water partition coefficient (Wildman–Crippen LogP) is 6.16. The Kier molecular flexibility index (Phi) is 6.06. The summed E-state index contributed by atoms with van der Waals surface area (Å²) in [5.41, 5.74) is 3.73. The summed E-state index contributed by atoms with van der Waals surface area (Å²) in [7, 11) is 0. The number of thiazole rings is 1. The molecule has 1 aliphatic rings. The lowest BCUT2D eigenvalue weighted by Gasteiger charge is -2.12. The van der Waals surface area contributed by atoms with Gasteiger partial charge >= 0.3 is 0 Å². The van der Waals surface area contributed by atoms with Gasteiger partial charge in [-0.05, 0) is 48.2 Å². The summed E-state index contributed by atoms with van der Waals surface area (Å²) in [5.74, 6) is 7.14. The van der Waals surface area contributed by atoms with Gasteiger partial charge in [-0.15, -0.1) is 5.11 Å². The van der Waals surface area contributed by atoms with Crippen molar-refractivity contribution in [3.05, 3.63) is 90.1 Å². The van der Waals surface area contributed by atoms with Gasteiger partial charge in [-0.2, -0.15) is 10.4 Å². The highest BCUT2D eigenvalue weighted by atomic mass is 32.1. The maximum Gasteiger partial charge on any atom is 0.230 e. The number of aromatic nitrogens is 3. The van der Waals surface area contributed by atoms with Crippen LogP contribution in [0.2, 0.25) is 0 Å². The van der Waals surface area contributed by atoms with E-state index in [1.807, 2.05) is 35.0 Å². The molecule has 0 aliphatic heterocycles. The smallest absolute Gasteiger partial charge is 0.230 e. The maximum atomic E-state index is 8.98. The highest BCUT2D eigenvalue weighted by molar-refractivity contribution is 7.18. The molecule has 6 nitrogen and oxygen atoms in total. The van der Waals surface area contributed by atoms with Crippen LogP contribution in [0.15, 0.2) is 83.7 Å². The Hall–Kier alpha value is -4.07. The Morgan fingerprint density at radius 1 is 1.09 bits per heavy atom. The standard InChI is InChI=1S/C26H20N6S/c27-15-21-7-11-23(12-8-21)25-16-29-26(33-25)31-30-24(17-32-14-13-28-18-32)22-9-5-20(6-10-22)4-3-19-1-2-19/h5-14,16,18-19,24H,1-2,17H2. The number of azo groups is 1. The molecule has 1 saturated carbocycles. The molecule has 1 fully saturated rings. The van der Waals surface area contributed by atoms with Crippen LogP contribution in [0.4, 0.5) is 5.13 Å². The number of nitrogens with zero attached hydrogens (tertiary/aromatic N) is 6. The SMILES string of the molecule is N#Cc1ccc(-c2cnc(N=NC(Cn3ccnc3)c3ccc(C#CC4CC4)cc3)s2)cc1. The van der Waals surface area contributed by atoms with Crippen LogP contribution < -0.4 is 0 Å². The van der Waals surface area contributed by atoms with Crippen molar-refractivity contribution in [1.29, 1.82) is 5.26 Å². The number of imidazole rings is 1. The fraction of sp³-hybridized carbons (Fsp3) is 0.192. The van der Waals surface area contributed by atoms with Gasteiger partial charge < -0.3 is 4.57 Å². The largest absolute Gasteiger partial charge is 0.335 e. The van der Waals surface area contributed by atoms with E-state index in [1.54, 1.807) is 30.9 Å². The number of hydrogen-bond acceptors (Lipinski definition) is 6. The van der Waals surface area contributed by atoms with E-state index in [9.17, 15) is 0 Å². The van der Waals surface area contributed by atoms with Crippen molar-refractivity contribution in [3.8, 4) is 28.4 Å². The van der Waals surface area contributed by atoms with Gasteiger partial charge in [0.1, 0.15) is 6.04 Å². The van der Waals surface area contributed by atoms with E-state index < -0.39 is 0 Å². The topological polar surface area (TPSA) is 79.2 Å². The molecule has 0 saturated heterocycles. The summed E-state index contributed by atoms with van der Waals surface area (Å²) < 4.78 is 1.99. The van der Waals surface area contributed by atoms with Gasteiger partial charge in [-0.3, -0.25) is 0 Å². The normalized spacial score (nSPS) is 13.9. The van der Waals surface area contributed by atoms with Gasteiger partial charge in [0, 0.05) is 30.1 Å². The zero-order valence-electron chi connectivity index (χ0n) is 17.8. The number of rotatable bonds is 6. The molecule has 1 atom stereocenters. The first-order chi connectivity index (χ1) is 16.3. The zero-order chi connectivity index (χ0) is 22.5. The first kappa shape index (κ1) is 20.8. The van der Waals surface area contributed by atoms with E-state index in [4.69, 9.17) is 5.26 Å². The second-order valence-electron chi connectivity index (χ2n) is 7.85. The third kappa shape index (κ3) is 5.41. The highest BCUT2D eigenvalue weighted by Gasteiger charge is 2.18. The lowest BCUT2D eigenvalue weighted by molar-refractivity contribution is 0.559. The molecule has 2 aromatic heterocycles. The maximum absolute atomic E-state index is 8.98. The van der Waals surface area contributed by atoms with Crippen molar-refractivity contribution in [2.24, 2.45) is 16.1 Å². The summed E-state index contributed by atoms with van der Waals surface area (Å²) in [5, 5.41) is 18.7. The minimum atomic E-state index is -0.174. The van der Waals surface area contributed by atoms with E-state index in [0.717, 1.165) is 21.6 Å². The minimum absolute atomic E-state index is 0.174. The van der Waals surface area contributed by atoms with Gasteiger partial charge in [-0.1, -0.05) is 47.4 Å². The minimum Gasteiger partial charge on any atom is -0.335 e. The fourth-order valence-corrected chi connectivity index (χ4v) is 4.03.